The molecular formula is C22H25F4N5O2. The molecule has 0 bridgehead atoms. The minimum absolute atomic E-state index is 0.00933. The number of nitrogens with zero attached hydrogens (tertiary/aromatic N) is 4. The van der Waals surface area contributed by atoms with Crippen molar-refractivity contribution in [2.75, 3.05) is 18.4 Å². The molecule has 5 rings (SSSR count). The molecule has 0 atom stereocenters. The van der Waals surface area contributed by atoms with Crippen molar-refractivity contribution in [1.82, 2.24) is 19.5 Å². The normalized spacial score (nSPS) is 21.8. The summed E-state index contributed by atoms with van der Waals surface area (Å²) in [5.74, 6) is -0.917. The Bertz CT molecular complexity index is 1110. The number of likely N-dealkylation sites (tertiary alicyclic amines) is 1. The van der Waals surface area contributed by atoms with Gasteiger partial charge in [0.25, 0.3) is 0 Å². The van der Waals surface area contributed by atoms with Crippen LogP contribution in [0.4, 0.5) is 23.5 Å². The van der Waals surface area contributed by atoms with Gasteiger partial charge in [0.05, 0.1) is 5.69 Å². The lowest BCUT2D eigenvalue weighted by atomic mass is 9.64. The Morgan fingerprint density at radius 3 is 2.42 bits per heavy atom. The summed E-state index contributed by atoms with van der Waals surface area (Å²) in [5, 5.41) is 7.05. The zero-order valence-corrected chi connectivity index (χ0v) is 18.2. The third-order valence-corrected chi connectivity index (χ3v) is 7.17. The van der Waals surface area contributed by atoms with Crippen LogP contribution in [0.3, 0.4) is 0 Å². The fraction of sp³-hybridized carbons (Fsp3) is 0.636. The lowest BCUT2D eigenvalue weighted by Gasteiger charge is -2.54. The molecule has 1 N–H and O–H groups in total. The van der Waals surface area contributed by atoms with Gasteiger partial charge in [0.1, 0.15) is 6.42 Å². The lowest BCUT2D eigenvalue weighted by molar-refractivity contribution is -0.173. The van der Waals surface area contributed by atoms with Crippen molar-refractivity contribution >= 4 is 23.4 Å². The van der Waals surface area contributed by atoms with Gasteiger partial charge in [-0.3, -0.25) is 14.9 Å². The van der Waals surface area contributed by atoms with Crippen LogP contribution in [0.2, 0.25) is 0 Å². The van der Waals surface area contributed by atoms with Gasteiger partial charge in [-0.15, -0.1) is 5.10 Å². The van der Waals surface area contributed by atoms with Gasteiger partial charge >= 0.3 is 6.18 Å². The summed E-state index contributed by atoms with van der Waals surface area (Å²) in [4.78, 5) is 29.4. The highest BCUT2D eigenvalue weighted by Gasteiger charge is 2.53. The highest BCUT2D eigenvalue weighted by molar-refractivity contribution is 5.92. The second-order valence-corrected chi connectivity index (χ2v) is 9.84. The molecule has 2 aromatic heterocycles. The summed E-state index contributed by atoms with van der Waals surface area (Å²) in [6.07, 6.45) is -3.00. The standard InChI is InChI=1S/C22H25F4N5O2/c1-13-2-5-15-27-19(28-18(33)14-3-4-14)29-31(15)17(13)21(23)8-6-20(7-9-21)11-30(12-20)16(32)10-22(24,25)26/h2,5,14H,3-4,6-12H2,1H3,(H,28,29,33). The summed E-state index contributed by atoms with van der Waals surface area (Å²) in [6.45, 7) is 2.27. The fourth-order valence-corrected chi connectivity index (χ4v) is 5.15. The van der Waals surface area contributed by atoms with Crippen LogP contribution in [0.5, 0.6) is 0 Å². The average Bonchev–Trinajstić information content (AvgIpc) is 3.46. The van der Waals surface area contributed by atoms with E-state index in [-0.39, 0.29) is 49.1 Å². The Morgan fingerprint density at radius 2 is 1.82 bits per heavy atom. The number of nitrogens with one attached hydrogen (secondary N) is 1. The van der Waals surface area contributed by atoms with Crippen LogP contribution in [0.25, 0.3) is 5.65 Å². The van der Waals surface area contributed by atoms with E-state index < -0.39 is 24.2 Å². The summed E-state index contributed by atoms with van der Waals surface area (Å²) in [6, 6.07) is 3.50. The number of amides is 2. The predicted octanol–water partition coefficient (Wildman–Crippen LogP) is 3.91. The molecule has 0 radical (unpaired) electrons. The Morgan fingerprint density at radius 1 is 1.15 bits per heavy atom. The third-order valence-electron chi connectivity index (χ3n) is 7.17. The Kier molecular flexibility index (Phi) is 4.95. The number of carbonyl (C=O) groups excluding carboxylic acids is 2. The molecule has 1 aliphatic heterocycles. The first-order valence-corrected chi connectivity index (χ1v) is 11.2. The van der Waals surface area contributed by atoms with Crippen LogP contribution < -0.4 is 5.32 Å². The van der Waals surface area contributed by atoms with E-state index in [1.54, 1.807) is 19.1 Å². The highest BCUT2D eigenvalue weighted by Crippen LogP contribution is 2.52. The third kappa shape index (κ3) is 4.17. The largest absolute Gasteiger partial charge is 0.397 e. The van der Waals surface area contributed by atoms with E-state index in [4.69, 9.17) is 0 Å². The van der Waals surface area contributed by atoms with E-state index in [9.17, 15) is 22.8 Å². The quantitative estimate of drug-likeness (QED) is 0.692. The van der Waals surface area contributed by atoms with Gasteiger partial charge in [-0.25, -0.2) is 8.91 Å². The predicted molar refractivity (Wildman–Crippen MR) is 110 cm³/mol. The summed E-state index contributed by atoms with van der Waals surface area (Å²) in [5.41, 5.74) is -0.479. The van der Waals surface area contributed by atoms with Crippen LogP contribution in [0.15, 0.2) is 12.1 Å². The molecule has 178 valence electrons. The van der Waals surface area contributed by atoms with E-state index >= 15 is 4.39 Å². The molecule has 2 aromatic rings. The van der Waals surface area contributed by atoms with Gasteiger partial charge in [-0.05, 0) is 57.1 Å². The van der Waals surface area contributed by atoms with Crippen LogP contribution in [0.1, 0.15) is 56.2 Å². The zero-order valence-electron chi connectivity index (χ0n) is 18.2. The minimum atomic E-state index is -4.52. The number of hydrogen-bond donors (Lipinski definition) is 1. The van der Waals surface area contributed by atoms with E-state index in [1.165, 1.54) is 9.42 Å². The van der Waals surface area contributed by atoms with Gasteiger partial charge in [0, 0.05) is 24.4 Å². The van der Waals surface area contributed by atoms with Gasteiger partial charge in [-0.1, -0.05) is 6.07 Å². The molecule has 1 spiro atoms. The number of pyridine rings is 1. The van der Waals surface area contributed by atoms with Crippen LogP contribution >= 0.6 is 0 Å². The number of aromatic nitrogens is 3. The zero-order chi connectivity index (χ0) is 23.6. The van der Waals surface area contributed by atoms with Crippen molar-refractivity contribution in [3.8, 4) is 0 Å². The molecule has 33 heavy (non-hydrogen) atoms. The lowest BCUT2D eigenvalue weighted by Crippen LogP contribution is -2.60. The molecule has 11 heteroatoms. The van der Waals surface area contributed by atoms with Crippen LogP contribution in [-0.4, -0.2) is 50.6 Å². The van der Waals surface area contributed by atoms with Crippen molar-refractivity contribution in [3.05, 3.63) is 23.4 Å². The molecular weight excluding hydrogens is 442 g/mol. The maximum atomic E-state index is 16.3. The van der Waals surface area contributed by atoms with Crippen molar-refractivity contribution in [2.24, 2.45) is 11.3 Å². The summed E-state index contributed by atoms with van der Waals surface area (Å²) < 4.78 is 55.2. The second kappa shape index (κ2) is 7.39. The van der Waals surface area contributed by atoms with Crippen LogP contribution in [0, 0.1) is 18.3 Å². The van der Waals surface area contributed by atoms with Crippen molar-refractivity contribution in [1.29, 1.82) is 0 Å². The highest BCUT2D eigenvalue weighted by atomic mass is 19.4. The fourth-order valence-electron chi connectivity index (χ4n) is 5.15. The van der Waals surface area contributed by atoms with Gasteiger partial charge < -0.3 is 4.90 Å². The maximum Gasteiger partial charge on any atom is 0.397 e. The number of halogens is 4. The molecule has 0 aromatic carbocycles. The molecule has 2 aliphatic carbocycles. The van der Waals surface area contributed by atoms with Gasteiger partial charge in [-0.2, -0.15) is 18.2 Å². The Labute approximate surface area is 187 Å². The first-order valence-electron chi connectivity index (χ1n) is 11.2. The molecule has 1 saturated heterocycles. The molecule has 3 heterocycles. The van der Waals surface area contributed by atoms with E-state index in [0.717, 1.165) is 12.8 Å². The van der Waals surface area contributed by atoms with Crippen molar-refractivity contribution < 1.29 is 27.2 Å². The van der Waals surface area contributed by atoms with Crippen LogP contribution in [-0.2, 0) is 15.3 Å². The molecule has 2 amide bonds. The average molecular weight is 467 g/mol. The number of rotatable bonds is 4. The Hall–Kier alpha value is -2.72. The molecule has 7 nitrogen and oxygen atoms in total. The topological polar surface area (TPSA) is 79.6 Å². The number of carbonyl (C=O) groups is 2. The smallest absolute Gasteiger partial charge is 0.341 e. The first-order chi connectivity index (χ1) is 15.5. The van der Waals surface area contributed by atoms with E-state index in [0.29, 0.717) is 29.7 Å². The number of alkyl halides is 4. The van der Waals surface area contributed by atoms with E-state index in [2.05, 4.69) is 15.4 Å². The molecule has 0 unspecified atom stereocenters. The summed E-state index contributed by atoms with van der Waals surface area (Å²) >= 11 is 0. The number of fused-ring (bicyclic) bond motifs is 1. The minimum Gasteiger partial charge on any atom is -0.341 e. The SMILES string of the molecule is Cc1ccc2nc(NC(=O)C3CC3)nn2c1C1(F)CCC2(CC1)CN(C(=O)CC(F)(F)F)C2. The number of anilines is 1. The molecule has 3 fully saturated rings. The van der Waals surface area contributed by atoms with Crippen molar-refractivity contribution in [2.45, 2.75) is 63.7 Å². The monoisotopic (exact) mass is 467 g/mol. The molecule has 3 aliphatic rings. The number of hydrogen-bond acceptors (Lipinski definition) is 4. The molecule has 2 saturated carbocycles. The number of aryl methyl sites for hydroxylation is 1. The maximum absolute atomic E-state index is 16.3. The first kappa shape index (κ1) is 22.1. The Balaban J connectivity index is 1.30. The second-order valence-electron chi connectivity index (χ2n) is 9.84. The van der Waals surface area contributed by atoms with Crippen molar-refractivity contribution in [3.63, 3.8) is 0 Å². The van der Waals surface area contributed by atoms with E-state index in [1.807, 2.05) is 0 Å². The van der Waals surface area contributed by atoms with Gasteiger partial charge in [0.15, 0.2) is 11.3 Å². The summed E-state index contributed by atoms with van der Waals surface area (Å²) in [7, 11) is 0. The van der Waals surface area contributed by atoms with Gasteiger partial charge in [0.2, 0.25) is 17.8 Å².